The molecule has 90 valence electrons. The lowest BCUT2D eigenvalue weighted by atomic mass is 10.1. The molecule has 1 aromatic carbocycles. The lowest BCUT2D eigenvalue weighted by Gasteiger charge is -2.07. The quantitative estimate of drug-likeness (QED) is 0.296. The van der Waals surface area contributed by atoms with Crippen LogP contribution >= 0.6 is 11.6 Å². The molecule has 0 spiro atoms. The van der Waals surface area contributed by atoms with Crippen LogP contribution in [0.3, 0.4) is 0 Å². The zero-order valence-corrected chi connectivity index (χ0v) is 10.1. The van der Waals surface area contributed by atoms with Gasteiger partial charge < -0.3 is 9.84 Å². The summed E-state index contributed by atoms with van der Waals surface area (Å²) in [7, 11) is 1.13. The second-order valence-electron chi connectivity index (χ2n) is 3.25. The summed E-state index contributed by atoms with van der Waals surface area (Å²) < 4.78 is 4.44. The van der Waals surface area contributed by atoms with Crippen molar-refractivity contribution in [3.8, 4) is 0 Å². The minimum absolute atomic E-state index is 0.213. The normalized spacial score (nSPS) is 11.7. The maximum Gasteiger partial charge on any atom is 0.345 e. The van der Waals surface area contributed by atoms with Gasteiger partial charge in [-0.3, -0.25) is 4.79 Å². The number of aliphatic hydroxyl groups is 1. The van der Waals surface area contributed by atoms with Crippen molar-refractivity contribution < 1.29 is 19.4 Å². The van der Waals surface area contributed by atoms with Crippen LogP contribution in [0.25, 0.3) is 5.76 Å². The number of carbonyl (C=O) groups excluding carboxylic acids is 2. The Morgan fingerprint density at radius 1 is 1.29 bits per heavy atom. The molecule has 1 N–H and O–H groups in total. The van der Waals surface area contributed by atoms with Gasteiger partial charge in [-0.05, 0) is 19.1 Å². The summed E-state index contributed by atoms with van der Waals surface area (Å²) in [5, 5.41) is 10.1. The van der Waals surface area contributed by atoms with Crippen LogP contribution in [0.2, 0.25) is 5.02 Å². The Balaban J connectivity index is 3.40. The van der Waals surface area contributed by atoms with Crippen LogP contribution in [0.1, 0.15) is 12.5 Å². The standard InChI is InChI=1S/C12H11ClO4/c1-7(14)10(12(16)17-2)11(15)8-5-3-4-6-9(8)13/h3-6,15H,1-2H3/b11-10-. The van der Waals surface area contributed by atoms with E-state index in [2.05, 4.69) is 4.74 Å². The Bertz CT molecular complexity index is 491. The summed E-state index contributed by atoms with van der Waals surface area (Å²) in [6.45, 7) is 1.17. The maximum atomic E-state index is 11.4. The van der Waals surface area contributed by atoms with E-state index in [0.29, 0.717) is 0 Å². The molecule has 0 radical (unpaired) electrons. The molecular weight excluding hydrogens is 244 g/mol. The Kier molecular flexibility index (Phi) is 4.29. The molecule has 0 fully saturated rings. The molecule has 5 heteroatoms. The zero-order valence-electron chi connectivity index (χ0n) is 9.36. The molecule has 1 rings (SSSR count). The van der Waals surface area contributed by atoms with Crippen molar-refractivity contribution in [3.63, 3.8) is 0 Å². The van der Waals surface area contributed by atoms with Crippen molar-refractivity contribution in [1.29, 1.82) is 0 Å². The van der Waals surface area contributed by atoms with E-state index in [0.717, 1.165) is 7.11 Å². The molecule has 0 amide bonds. The van der Waals surface area contributed by atoms with E-state index in [9.17, 15) is 14.7 Å². The van der Waals surface area contributed by atoms with E-state index in [1.54, 1.807) is 18.2 Å². The van der Waals surface area contributed by atoms with Crippen molar-refractivity contribution in [3.05, 3.63) is 40.4 Å². The average molecular weight is 255 g/mol. The fraction of sp³-hybridized carbons (Fsp3) is 0.167. The number of carbonyl (C=O) groups is 2. The Morgan fingerprint density at radius 3 is 2.35 bits per heavy atom. The van der Waals surface area contributed by atoms with Gasteiger partial charge in [0, 0.05) is 5.56 Å². The van der Waals surface area contributed by atoms with Gasteiger partial charge in [0.25, 0.3) is 0 Å². The highest BCUT2D eigenvalue weighted by Crippen LogP contribution is 2.25. The molecule has 4 nitrogen and oxygen atoms in total. The molecule has 0 atom stereocenters. The number of ether oxygens (including phenoxy) is 1. The largest absolute Gasteiger partial charge is 0.506 e. The molecule has 0 saturated carbocycles. The topological polar surface area (TPSA) is 63.6 Å². The van der Waals surface area contributed by atoms with Crippen LogP contribution in [0.15, 0.2) is 29.8 Å². The average Bonchev–Trinajstić information content (AvgIpc) is 2.28. The van der Waals surface area contributed by atoms with E-state index >= 15 is 0 Å². The van der Waals surface area contributed by atoms with Crippen molar-refractivity contribution in [2.24, 2.45) is 0 Å². The van der Waals surface area contributed by atoms with Gasteiger partial charge in [-0.15, -0.1) is 0 Å². The maximum absolute atomic E-state index is 11.4. The smallest absolute Gasteiger partial charge is 0.345 e. The SMILES string of the molecule is COC(=O)/C(C(C)=O)=C(\O)c1ccccc1Cl. The summed E-state index contributed by atoms with van der Waals surface area (Å²) in [6, 6.07) is 6.35. The van der Waals surface area contributed by atoms with Crippen molar-refractivity contribution in [1.82, 2.24) is 0 Å². The highest BCUT2D eigenvalue weighted by atomic mass is 35.5. The predicted octanol–water partition coefficient (Wildman–Crippen LogP) is 2.37. The van der Waals surface area contributed by atoms with Crippen LogP contribution in [0.4, 0.5) is 0 Å². The van der Waals surface area contributed by atoms with E-state index in [1.807, 2.05) is 0 Å². The Morgan fingerprint density at radius 2 is 1.88 bits per heavy atom. The lowest BCUT2D eigenvalue weighted by molar-refractivity contribution is -0.137. The molecule has 0 heterocycles. The van der Waals surface area contributed by atoms with Gasteiger partial charge in [0.1, 0.15) is 11.3 Å². The van der Waals surface area contributed by atoms with Crippen molar-refractivity contribution >= 4 is 29.1 Å². The van der Waals surface area contributed by atoms with Crippen molar-refractivity contribution in [2.45, 2.75) is 6.92 Å². The first-order chi connectivity index (χ1) is 7.99. The molecule has 0 aliphatic rings. The minimum atomic E-state index is -0.894. The summed E-state index contributed by atoms with van der Waals surface area (Å²) in [5.74, 6) is -1.96. The summed E-state index contributed by atoms with van der Waals surface area (Å²) >= 11 is 5.86. The number of ketones is 1. The monoisotopic (exact) mass is 254 g/mol. The van der Waals surface area contributed by atoms with Crippen LogP contribution in [0, 0.1) is 0 Å². The first-order valence-electron chi connectivity index (χ1n) is 4.76. The Hall–Kier alpha value is -1.81. The molecule has 0 saturated heterocycles. The number of hydrogen-bond donors (Lipinski definition) is 1. The van der Waals surface area contributed by atoms with Crippen LogP contribution in [-0.2, 0) is 14.3 Å². The number of benzene rings is 1. The molecule has 0 aliphatic heterocycles. The zero-order chi connectivity index (χ0) is 13.0. The predicted molar refractivity (Wildman–Crippen MR) is 63.7 cm³/mol. The molecule has 1 aromatic rings. The molecule has 0 bridgehead atoms. The number of hydrogen-bond acceptors (Lipinski definition) is 4. The van der Waals surface area contributed by atoms with Gasteiger partial charge in [0.05, 0.1) is 12.1 Å². The minimum Gasteiger partial charge on any atom is -0.506 e. The van der Waals surface area contributed by atoms with Gasteiger partial charge in [-0.25, -0.2) is 4.79 Å². The molecule has 17 heavy (non-hydrogen) atoms. The summed E-state index contributed by atoms with van der Waals surface area (Å²) in [5.41, 5.74) is -0.203. The van der Waals surface area contributed by atoms with E-state index < -0.39 is 23.1 Å². The number of rotatable bonds is 3. The second-order valence-corrected chi connectivity index (χ2v) is 3.66. The highest BCUT2D eigenvalue weighted by molar-refractivity contribution is 6.33. The number of aliphatic hydroxyl groups excluding tert-OH is 1. The number of halogens is 1. The van der Waals surface area contributed by atoms with Crippen LogP contribution in [0.5, 0.6) is 0 Å². The van der Waals surface area contributed by atoms with Crippen LogP contribution in [-0.4, -0.2) is 24.0 Å². The van der Waals surface area contributed by atoms with Gasteiger partial charge in [0.2, 0.25) is 0 Å². The molecule has 0 aromatic heterocycles. The summed E-state index contributed by atoms with van der Waals surface area (Å²) in [4.78, 5) is 22.7. The highest BCUT2D eigenvalue weighted by Gasteiger charge is 2.22. The third kappa shape index (κ3) is 2.85. The fourth-order valence-corrected chi connectivity index (χ4v) is 1.52. The lowest BCUT2D eigenvalue weighted by Crippen LogP contribution is -2.14. The number of Topliss-reactive ketones (excluding diaryl/α,β-unsaturated/α-hetero) is 1. The Labute approximate surface area is 103 Å². The van der Waals surface area contributed by atoms with E-state index in [4.69, 9.17) is 11.6 Å². The fourth-order valence-electron chi connectivity index (χ4n) is 1.30. The number of esters is 1. The first kappa shape index (κ1) is 13.3. The third-order valence-electron chi connectivity index (χ3n) is 2.11. The first-order valence-corrected chi connectivity index (χ1v) is 5.14. The van der Waals surface area contributed by atoms with Gasteiger partial charge in [-0.2, -0.15) is 0 Å². The summed E-state index contributed by atoms with van der Waals surface area (Å²) in [6.07, 6.45) is 0. The van der Waals surface area contributed by atoms with Gasteiger partial charge in [0.15, 0.2) is 5.78 Å². The van der Waals surface area contributed by atoms with E-state index in [1.165, 1.54) is 13.0 Å². The van der Waals surface area contributed by atoms with E-state index in [-0.39, 0.29) is 10.6 Å². The molecule has 0 unspecified atom stereocenters. The molecule has 0 aliphatic carbocycles. The van der Waals surface area contributed by atoms with Crippen molar-refractivity contribution in [2.75, 3.05) is 7.11 Å². The second kappa shape index (κ2) is 5.50. The third-order valence-corrected chi connectivity index (χ3v) is 2.44. The van der Waals surface area contributed by atoms with Gasteiger partial charge in [-0.1, -0.05) is 23.7 Å². The number of methoxy groups -OCH3 is 1. The van der Waals surface area contributed by atoms with Gasteiger partial charge >= 0.3 is 5.97 Å². The molecular formula is C12H11ClO4. The van der Waals surface area contributed by atoms with Crippen LogP contribution < -0.4 is 0 Å².